The molecule has 2 fully saturated rings. The van der Waals surface area contributed by atoms with Crippen molar-refractivity contribution in [3.05, 3.63) is 35.1 Å². The van der Waals surface area contributed by atoms with Crippen LogP contribution in [0.3, 0.4) is 0 Å². The molecule has 37 heavy (non-hydrogen) atoms. The Kier molecular flexibility index (Phi) is 10.4. The SMILES string of the molecule is C/C(=C/CO)CC/C=C(\C)C(=O)O[C@@H]1C[C@@H](C)[C@H]2[C@H](O[C@@H]3O[C@H](CO)[C@@H](O)[C@H](O)[C@H]3O)OC=C(C=O)[C@H]21. The molecule has 11 nitrogen and oxygen atoms in total. The molecule has 0 amide bonds. The van der Waals surface area contributed by atoms with Crippen molar-refractivity contribution in [1.82, 2.24) is 0 Å². The van der Waals surface area contributed by atoms with Gasteiger partial charge in [-0.15, -0.1) is 0 Å². The Hall–Kier alpha value is -2.12. The van der Waals surface area contributed by atoms with Gasteiger partial charge in [-0.3, -0.25) is 4.79 Å². The van der Waals surface area contributed by atoms with Crippen LogP contribution in [0.1, 0.15) is 40.0 Å². The van der Waals surface area contributed by atoms with E-state index in [1.165, 1.54) is 6.26 Å². The Morgan fingerprint density at radius 3 is 2.49 bits per heavy atom. The van der Waals surface area contributed by atoms with Crippen LogP contribution in [0.2, 0.25) is 0 Å². The molecule has 0 bridgehead atoms. The summed E-state index contributed by atoms with van der Waals surface area (Å²) in [6.45, 7) is 4.84. The highest BCUT2D eigenvalue weighted by atomic mass is 16.8. The number of aliphatic hydroxyl groups excluding tert-OH is 5. The van der Waals surface area contributed by atoms with Crippen LogP contribution in [0.25, 0.3) is 0 Å². The van der Waals surface area contributed by atoms with E-state index >= 15 is 0 Å². The van der Waals surface area contributed by atoms with Crippen molar-refractivity contribution in [3.63, 3.8) is 0 Å². The molecule has 0 unspecified atom stereocenters. The average molecular weight is 527 g/mol. The van der Waals surface area contributed by atoms with Crippen molar-refractivity contribution < 1.29 is 54.1 Å². The van der Waals surface area contributed by atoms with Gasteiger partial charge in [0, 0.05) is 23.0 Å². The third-order valence-corrected chi connectivity index (χ3v) is 7.38. The smallest absolute Gasteiger partial charge is 0.333 e. The van der Waals surface area contributed by atoms with Crippen LogP contribution < -0.4 is 0 Å². The molecule has 10 atom stereocenters. The molecule has 0 spiro atoms. The first-order chi connectivity index (χ1) is 17.6. The standard InChI is InChI=1S/C26H38O11/c1-13(7-8-27)5-4-6-14(2)24(33)35-17-9-15(3)19-20(17)16(10-28)12-34-25(19)37-26-23(32)22(31)21(30)18(11-29)36-26/h6-7,10,12,15,17-23,25-27,29-32H,4-5,8-9,11H2,1-3H3/b13-7-,14-6+/t15-,17-,18-,19-,20+,21-,22+,23-,25+,26+/m1/s1. The zero-order valence-electron chi connectivity index (χ0n) is 21.3. The van der Waals surface area contributed by atoms with E-state index in [2.05, 4.69) is 0 Å². The second-order valence-electron chi connectivity index (χ2n) is 9.99. The summed E-state index contributed by atoms with van der Waals surface area (Å²) in [5, 5.41) is 48.9. The molecular formula is C26H38O11. The molecule has 2 heterocycles. The Morgan fingerprint density at radius 2 is 1.84 bits per heavy atom. The van der Waals surface area contributed by atoms with Gasteiger partial charge < -0.3 is 44.5 Å². The van der Waals surface area contributed by atoms with Crippen LogP contribution in [-0.2, 0) is 28.5 Å². The van der Waals surface area contributed by atoms with E-state index in [0.29, 0.717) is 36.7 Å². The molecule has 5 N–H and O–H groups in total. The molecule has 208 valence electrons. The Morgan fingerprint density at radius 1 is 1.11 bits per heavy atom. The molecule has 2 aliphatic heterocycles. The van der Waals surface area contributed by atoms with Gasteiger partial charge in [-0.25, -0.2) is 4.79 Å². The highest BCUT2D eigenvalue weighted by Crippen LogP contribution is 2.48. The maximum atomic E-state index is 12.8. The summed E-state index contributed by atoms with van der Waals surface area (Å²) in [5.74, 6) is -1.57. The normalized spacial score (nSPS) is 38.4. The van der Waals surface area contributed by atoms with E-state index < -0.39 is 67.5 Å². The number of aliphatic hydroxyl groups is 5. The summed E-state index contributed by atoms with van der Waals surface area (Å²) in [7, 11) is 0. The Bertz CT molecular complexity index is 895. The molecule has 0 aromatic carbocycles. The number of carbonyl (C=O) groups is 2. The number of hydrogen-bond acceptors (Lipinski definition) is 11. The van der Waals surface area contributed by atoms with E-state index in [1.54, 1.807) is 19.1 Å². The van der Waals surface area contributed by atoms with Gasteiger partial charge in [0.1, 0.15) is 36.8 Å². The number of carbonyl (C=O) groups excluding carboxylic acids is 2. The molecule has 3 aliphatic rings. The van der Waals surface area contributed by atoms with Crippen LogP contribution >= 0.6 is 0 Å². The lowest BCUT2D eigenvalue weighted by molar-refractivity contribution is -0.342. The van der Waals surface area contributed by atoms with E-state index in [-0.39, 0.29) is 12.5 Å². The van der Waals surface area contributed by atoms with E-state index in [4.69, 9.17) is 24.1 Å². The van der Waals surface area contributed by atoms with Gasteiger partial charge in [-0.05, 0) is 39.0 Å². The van der Waals surface area contributed by atoms with Gasteiger partial charge in [-0.1, -0.05) is 24.6 Å². The second-order valence-corrected chi connectivity index (χ2v) is 9.99. The van der Waals surface area contributed by atoms with Crippen LogP contribution in [-0.4, -0.2) is 94.1 Å². The zero-order chi connectivity index (χ0) is 27.3. The minimum atomic E-state index is -1.61. The summed E-state index contributed by atoms with van der Waals surface area (Å²) in [6, 6.07) is 0. The second kappa shape index (κ2) is 13.1. The quantitative estimate of drug-likeness (QED) is 0.113. The molecule has 3 rings (SSSR count). The minimum absolute atomic E-state index is 0.0314. The van der Waals surface area contributed by atoms with Crippen LogP contribution in [0, 0.1) is 17.8 Å². The number of ether oxygens (including phenoxy) is 4. The fourth-order valence-corrected chi connectivity index (χ4v) is 5.21. The van der Waals surface area contributed by atoms with Crippen molar-refractivity contribution in [2.24, 2.45) is 17.8 Å². The van der Waals surface area contributed by atoms with E-state index in [0.717, 1.165) is 5.57 Å². The van der Waals surface area contributed by atoms with Gasteiger partial charge >= 0.3 is 5.97 Å². The van der Waals surface area contributed by atoms with Crippen molar-refractivity contribution in [2.75, 3.05) is 13.2 Å². The molecule has 1 saturated heterocycles. The maximum Gasteiger partial charge on any atom is 0.333 e. The summed E-state index contributed by atoms with van der Waals surface area (Å²) >= 11 is 0. The highest BCUT2D eigenvalue weighted by molar-refractivity contribution is 5.88. The first-order valence-corrected chi connectivity index (χ1v) is 12.5. The lowest BCUT2D eigenvalue weighted by atomic mass is 9.83. The van der Waals surface area contributed by atoms with Crippen LogP contribution in [0.15, 0.2) is 35.1 Å². The third kappa shape index (κ3) is 6.66. The molecule has 0 radical (unpaired) electrons. The third-order valence-electron chi connectivity index (χ3n) is 7.38. The number of allylic oxidation sites excluding steroid dienone is 2. The van der Waals surface area contributed by atoms with Gasteiger partial charge in [0.25, 0.3) is 0 Å². The Labute approximate surface area is 216 Å². The van der Waals surface area contributed by atoms with Crippen molar-refractivity contribution in [2.45, 2.75) is 83.1 Å². The summed E-state index contributed by atoms with van der Waals surface area (Å²) < 4.78 is 22.8. The summed E-state index contributed by atoms with van der Waals surface area (Å²) in [4.78, 5) is 24.6. The Balaban J connectivity index is 1.71. The van der Waals surface area contributed by atoms with Gasteiger partial charge in [0.05, 0.1) is 19.5 Å². The lowest BCUT2D eigenvalue weighted by Crippen LogP contribution is -2.60. The number of hydrogen-bond donors (Lipinski definition) is 5. The molecule has 11 heteroatoms. The maximum absolute atomic E-state index is 12.8. The molecule has 1 saturated carbocycles. The first-order valence-electron chi connectivity index (χ1n) is 12.5. The fraction of sp³-hybridized carbons (Fsp3) is 0.692. The lowest BCUT2D eigenvalue weighted by Gasteiger charge is -2.43. The number of rotatable bonds is 10. The van der Waals surface area contributed by atoms with Crippen molar-refractivity contribution in [3.8, 4) is 0 Å². The molecule has 0 aromatic heterocycles. The average Bonchev–Trinajstić information content (AvgIpc) is 3.20. The first kappa shape index (κ1) is 29.4. The fourth-order valence-electron chi connectivity index (χ4n) is 5.21. The predicted octanol–water partition coefficient (Wildman–Crippen LogP) is 0.0911. The topological polar surface area (TPSA) is 172 Å². The molecular weight excluding hydrogens is 488 g/mol. The van der Waals surface area contributed by atoms with E-state index in [9.17, 15) is 30.0 Å². The number of aldehydes is 1. The summed E-state index contributed by atoms with van der Waals surface area (Å²) in [5.41, 5.74) is 1.76. The largest absolute Gasteiger partial charge is 0.472 e. The zero-order valence-corrected chi connectivity index (χ0v) is 21.3. The predicted molar refractivity (Wildman–Crippen MR) is 128 cm³/mol. The minimum Gasteiger partial charge on any atom is -0.472 e. The van der Waals surface area contributed by atoms with Crippen LogP contribution in [0.5, 0.6) is 0 Å². The highest BCUT2D eigenvalue weighted by Gasteiger charge is 2.54. The monoisotopic (exact) mass is 526 g/mol. The van der Waals surface area contributed by atoms with E-state index in [1.807, 2.05) is 13.8 Å². The van der Waals surface area contributed by atoms with Gasteiger partial charge in [0.15, 0.2) is 6.29 Å². The molecule has 0 aromatic rings. The number of esters is 1. The number of fused-ring (bicyclic) bond motifs is 1. The summed E-state index contributed by atoms with van der Waals surface area (Å²) in [6.07, 6.45) is -1.79. The van der Waals surface area contributed by atoms with Gasteiger partial charge in [-0.2, -0.15) is 0 Å². The molecule has 1 aliphatic carbocycles. The van der Waals surface area contributed by atoms with Crippen molar-refractivity contribution >= 4 is 12.3 Å². The van der Waals surface area contributed by atoms with Crippen LogP contribution in [0.4, 0.5) is 0 Å². The van der Waals surface area contributed by atoms with Crippen molar-refractivity contribution in [1.29, 1.82) is 0 Å². The van der Waals surface area contributed by atoms with Gasteiger partial charge in [0.2, 0.25) is 6.29 Å².